The summed E-state index contributed by atoms with van der Waals surface area (Å²) >= 11 is 0. The largest absolute Gasteiger partial charge is 0.370 e. The number of hydrogen-bond acceptors (Lipinski definition) is 3. The molecule has 0 saturated carbocycles. The zero-order valence-electron chi connectivity index (χ0n) is 9.04. The molecule has 0 saturated heterocycles. The Balaban J connectivity index is 4.27. The van der Waals surface area contributed by atoms with Gasteiger partial charge >= 0.3 is 0 Å². The third-order valence-electron chi connectivity index (χ3n) is 1.75. The SMILES string of the molecule is C#CCC(N)C(=O)NC(C)(C)CC(N)=O. The van der Waals surface area contributed by atoms with Crippen molar-refractivity contribution in [2.45, 2.75) is 38.3 Å². The van der Waals surface area contributed by atoms with Crippen molar-refractivity contribution in [3.8, 4) is 12.3 Å². The summed E-state index contributed by atoms with van der Waals surface area (Å²) in [6.45, 7) is 3.39. The first-order chi connectivity index (χ1) is 6.78. The van der Waals surface area contributed by atoms with Gasteiger partial charge in [0.25, 0.3) is 0 Å². The molecule has 0 spiro atoms. The molecule has 0 aromatic rings. The number of hydrogen-bond donors (Lipinski definition) is 3. The first kappa shape index (κ1) is 13.5. The van der Waals surface area contributed by atoms with Gasteiger partial charge in [0.2, 0.25) is 11.8 Å². The lowest BCUT2D eigenvalue weighted by molar-refractivity contribution is -0.124. The van der Waals surface area contributed by atoms with Gasteiger partial charge in [0.05, 0.1) is 6.04 Å². The Bertz CT molecular complexity index is 292. The molecule has 0 aromatic heterocycles. The van der Waals surface area contributed by atoms with Crippen molar-refractivity contribution in [2.24, 2.45) is 11.5 Å². The highest BCUT2D eigenvalue weighted by atomic mass is 16.2. The smallest absolute Gasteiger partial charge is 0.238 e. The molecule has 0 aliphatic carbocycles. The molecule has 0 radical (unpaired) electrons. The third kappa shape index (κ3) is 5.70. The Labute approximate surface area is 89.6 Å². The lowest BCUT2D eigenvalue weighted by atomic mass is 9.99. The van der Waals surface area contributed by atoms with Crippen LogP contribution in [-0.2, 0) is 9.59 Å². The first-order valence-electron chi connectivity index (χ1n) is 4.58. The number of nitrogens with two attached hydrogens (primary N) is 2. The Kier molecular flexibility index (Phi) is 4.82. The number of amides is 2. The van der Waals surface area contributed by atoms with E-state index in [0.29, 0.717) is 0 Å². The molecule has 0 fully saturated rings. The molecule has 2 amide bonds. The van der Waals surface area contributed by atoms with Gasteiger partial charge in [-0.05, 0) is 13.8 Å². The molecule has 1 atom stereocenters. The number of nitrogens with one attached hydrogen (secondary N) is 1. The topological polar surface area (TPSA) is 98.2 Å². The molecule has 84 valence electrons. The van der Waals surface area contributed by atoms with Gasteiger partial charge in [0.1, 0.15) is 0 Å². The van der Waals surface area contributed by atoms with Crippen LogP contribution in [0.5, 0.6) is 0 Å². The quantitative estimate of drug-likeness (QED) is 0.514. The van der Waals surface area contributed by atoms with Crippen LogP contribution in [0.2, 0.25) is 0 Å². The van der Waals surface area contributed by atoms with Crippen molar-refractivity contribution in [1.82, 2.24) is 5.32 Å². The standard InChI is InChI=1S/C10H17N3O2/c1-4-5-7(11)9(15)13-10(2,3)6-8(12)14/h1,7H,5-6,11H2,2-3H3,(H2,12,14)(H,13,15). The van der Waals surface area contributed by atoms with E-state index in [2.05, 4.69) is 11.2 Å². The van der Waals surface area contributed by atoms with Crippen molar-refractivity contribution in [2.75, 3.05) is 0 Å². The van der Waals surface area contributed by atoms with Gasteiger partial charge in [-0.15, -0.1) is 12.3 Å². The summed E-state index contributed by atoms with van der Waals surface area (Å²) < 4.78 is 0. The van der Waals surface area contributed by atoms with E-state index >= 15 is 0 Å². The van der Waals surface area contributed by atoms with Crippen LogP contribution in [0.4, 0.5) is 0 Å². The first-order valence-corrected chi connectivity index (χ1v) is 4.58. The van der Waals surface area contributed by atoms with Crippen LogP contribution in [0.1, 0.15) is 26.7 Å². The van der Waals surface area contributed by atoms with Gasteiger partial charge in [0, 0.05) is 18.4 Å². The fourth-order valence-electron chi connectivity index (χ4n) is 1.13. The predicted octanol–water partition coefficient (Wildman–Crippen LogP) is -0.893. The van der Waals surface area contributed by atoms with E-state index in [0.717, 1.165) is 0 Å². The molecule has 0 rings (SSSR count). The van der Waals surface area contributed by atoms with Crippen molar-refractivity contribution < 1.29 is 9.59 Å². The van der Waals surface area contributed by atoms with Gasteiger partial charge in [-0.2, -0.15) is 0 Å². The summed E-state index contributed by atoms with van der Waals surface area (Å²) in [5, 5.41) is 2.61. The van der Waals surface area contributed by atoms with E-state index < -0.39 is 17.5 Å². The second-order valence-corrected chi connectivity index (χ2v) is 4.03. The zero-order valence-corrected chi connectivity index (χ0v) is 9.04. The van der Waals surface area contributed by atoms with Crippen molar-refractivity contribution >= 4 is 11.8 Å². The van der Waals surface area contributed by atoms with Gasteiger partial charge in [-0.3, -0.25) is 9.59 Å². The van der Waals surface area contributed by atoms with Crippen LogP contribution >= 0.6 is 0 Å². The van der Waals surface area contributed by atoms with Crippen LogP contribution in [0.15, 0.2) is 0 Å². The lowest BCUT2D eigenvalue weighted by Gasteiger charge is -2.26. The van der Waals surface area contributed by atoms with E-state index in [-0.39, 0.29) is 18.7 Å². The maximum atomic E-state index is 11.4. The number of carbonyl (C=O) groups excluding carboxylic acids is 2. The minimum atomic E-state index is -0.748. The fourth-order valence-corrected chi connectivity index (χ4v) is 1.13. The normalized spacial score (nSPS) is 12.7. The Morgan fingerprint density at radius 1 is 1.53 bits per heavy atom. The minimum absolute atomic E-state index is 0.0571. The maximum Gasteiger partial charge on any atom is 0.238 e. The average Bonchev–Trinajstić information content (AvgIpc) is 2.00. The highest BCUT2D eigenvalue weighted by Gasteiger charge is 2.25. The van der Waals surface area contributed by atoms with Crippen LogP contribution in [0, 0.1) is 12.3 Å². The zero-order chi connectivity index (χ0) is 12.1. The van der Waals surface area contributed by atoms with E-state index in [1.165, 1.54) is 0 Å². The summed E-state index contributed by atoms with van der Waals surface area (Å²) in [4.78, 5) is 22.1. The lowest BCUT2D eigenvalue weighted by Crippen LogP contribution is -2.51. The van der Waals surface area contributed by atoms with E-state index in [1.807, 2.05) is 0 Å². The van der Waals surface area contributed by atoms with Crippen molar-refractivity contribution in [1.29, 1.82) is 0 Å². The molecular formula is C10H17N3O2. The highest BCUT2D eigenvalue weighted by Crippen LogP contribution is 2.07. The molecule has 0 bridgehead atoms. The molecule has 1 unspecified atom stereocenters. The minimum Gasteiger partial charge on any atom is -0.370 e. The second kappa shape index (κ2) is 5.37. The second-order valence-electron chi connectivity index (χ2n) is 4.03. The van der Waals surface area contributed by atoms with Crippen molar-refractivity contribution in [3.63, 3.8) is 0 Å². The fraction of sp³-hybridized carbons (Fsp3) is 0.600. The molecule has 5 nitrogen and oxygen atoms in total. The summed E-state index contributed by atoms with van der Waals surface area (Å²) in [6, 6.07) is -0.748. The maximum absolute atomic E-state index is 11.4. The number of rotatable bonds is 5. The Morgan fingerprint density at radius 3 is 2.47 bits per heavy atom. The molecule has 0 aliphatic rings. The molecule has 0 aromatic carbocycles. The van der Waals surface area contributed by atoms with E-state index in [9.17, 15) is 9.59 Å². The molecular weight excluding hydrogens is 194 g/mol. The summed E-state index contributed by atoms with van der Waals surface area (Å²) in [6.07, 6.45) is 5.25. The summed E-state index contributed by atoms with van der Waals surface area (Å²) in [5.74, 6) is 1.44. The van der Waals surface area contributed by atoms with E-state index in [4.69, 9.17) is 17.9 Å². The molecule has 5 heteroatoms. The number of primary amides is 1. The monoisotopic (exact) mass is 211 g/mol. The highest BCUT2D eigenvalue weighted by molar-refractivity contribution is 5.83. The Morgan fingerprint density at radius 2 is 2.07 bits per heavy atom. The van der Waals surface area contributed by atoms with Gasteiger partial charge in [-0.25, -0.2) is 0 Å². The van der Waals surface area contributed by atoms with Crippen LogP contribution in [0.25, 0.3) is 0 Å². The average molecular weight is 211 g/mol. The molecule has 0 heterocycles. The van der Waals surface area contributed by atoms with Gasteiger partial charge in [-0.1, -0.05) is 0 Å². The molecule has 15 heavy (non-hydrogen) atoms. The molecule has 5 N–H and O–H groups in total. The summed E-state index contributed by atoms with van der Waals surface area (Å²) in [5.41, 5.74) is 9.83. The molecule has 0 aliphatic heterocycles. The van der Waals surface area contributed by atoms with Crippen LogP contribution < -0.4 is 16.8 Å². The number of carbonyl (C=O) groups is 2. The summed E-state index contributed by atoms with van der Waals surface area (Å²) in [7, 11) is 0. The van der Waals surface area contributed by atoms with Gasteiger partial charge < -0.3 is 16.8 Å². The number of terminal acetylenes is 1. The van der Waals surface area contributed by atoms with Crippen LogP contribution in [-0.4, -0.2) is 23.4 Å². The van der Waals surface area contributed by atoms with Gasteiger partial charge in [0.15, 0.2) is 0 Å². The predicted molar refractivity (Wildman–Crippen MR) is 57.5 cm³/mol. The van der Waals surface area contributed by atoms with Crippen molar-refractivity contribution in [3.05, 3.63) is 0 Å². The third-order valence-corrected chi connectivity index (χ3v) is 1.75. The Hall–Kier alpha value is -1.54. The van der Waals surface area contributed by atoms with E-state index in [1.54, 1.807) is 13.8 Å². The van der Waals surface area contributed by atoms with Crippen LogP contribution in [0.3, 0.4) is 0 Å².